The Morgan fingerprint density at radius 1 is 0.909 bits per heavy atom. The average molecular weight is 501 g/mol. The Balaban J connectivity index is 1.81. The van der Waals surface area contributed by atoms with Crippen LogP contribution in [0.3, 0.4) is 0 Å². The van der Waals surface area contributed by atoms with E-state index < -0.39 is 6.04 Å². The first-order valence-electron chi connectivity index (χ1n) is 10.6. The fourth-order valence-corrected chi connectivity index (χ4v) is 4.64. The number of hydrogen-bond donors (Lipinski definition) is 1. The number of thioether (sulfide) groups is 1. The summed E-state index contributed by atoms with van der Waals surface area (Å²) in [6, 6.07) is 24.0. The summed E-state index contributed by atoms with van der Waals surface area (Å²) in [4.78, 5) is 28.0. The normalized spacial score (nSPS) is 11.6. The minimum atomic E-state index is -0.655. The minimum Gasteiger partial charge on any atom is -0.357 e. The predicted molar refractivity (Wildman–Crippen MR) is 138 cm³/mol. The van der Waals surface area contributed by atoms with Gasteiger partial charge in [-0.2, -0.15) is 0 Å². The van der Waals surface area contributed by atoms with Gasteiger partial charge >= 0.3 is 0 Å². The molecule has 0 heterocycles. The van der Waals surface area contributed by atoms with Crippen molar-refractivity contribution in [2.75, 3.05) is 12.8 Å². The molecule has 0 saturated heterocycles. The molecule has 1 atom stereocenters. The summed E-state index contributed by atoms with van der Waals surface area (Å²) >= 11 is 13.9. The molecule has 3 rings (SSSR count). The monoisotopic (exact) mass is 500 g/mol. The van der Waals surface area contributed by atoms with Crippen molar-refractivity contribution in [3.63, 3.8) is 0 Å². The van der Waals surface area contributed by atoms with Crippen LogP contribution in [0.25, 0.3) is 0 Å². The van der Waals surface area contributed by atoms with Gasteiger partial charge in [-0.3, -0.25) is 9.59 Å². The van der Waals surface area contributed by atoms with E-state index >= 15 is 0 Å². The highest BCUT2D eigenvalue weighted by Crippen LogP contribution is 2.22. The molecule has 172 valence electrons. The molecule has 0 aliphatic rings. The first-order chi connectivity index (χ1) is 16.0. The molecule has 0 saturated carbocycles. The molecule has 7 heteroatoms. The Bertz CT molecular complexity index is 1060. The molecule has 0 bridgehead atoms. The predicted octanol–water partition coefficient (Wildman–Crippen LogP) is 5.61. The SMILES string of the molecule is CNC(=O)[C@@H](Cc1ccccc1)N(Cc1ccccc1Cl)C(=O)CSCc1ccc(Cl)cc1. The second kappa shape index (κ2) is 12.7. The number of rotatable bonds is 10. The summed E-state index contributed by atoms with van der Waals surface area (Å²) in [5.74, 6) is 0.599. The summed E-state index contributed by atoms with van der Waals surface area (Å²) in [6.45, 7) is 0.255. The molecule has 0 unspecified atom stereocenters. The van der Waals surface area contributed by atoms with Crippen LogP contribution in [0, 0.1) is 0 Å². The van der Waals surface area contributed by atoms with E-state index in [-0.39, 0.29) is 24.1 Å². The molecule has 0 aliphatic carbocycles. The molecule has 3 aromatic carbocycles. The summed E-state index contributed by atoms with van der Waals surface area (Å²) in [5.41, 5.74) is 2.87. The van der Waals surface area contributed by atoms with E-state index in [9.17, 15) is 9.59 Å². The van der Waals surface area contributed by atoms with E-state index in [1.807, 2.05) is 72.8 Å². The molecule has 4 nitrogen and oxygen atoms in total. The number of benzene rings is 3. The van der Waals surface area contributed by atoms with E-state index in [2.05, 4.69) is 5.32 Å². The fourth-order valence-electron chi connectivity index (χ4n) is 3.45. The van der Waals surface area contributed by atoms with Crippen molar-refractivity contribution in [3.8, 4) is 0 Å². The molecular weight excluding hydrogens is 475 g/mol. The summed E-state index contributed by atoms with van der Waals surface area (Å²) < 4.78 is 0. The molecule has 0 spiro atoms. The zero-order valence-corrected chi connectivity index (χ0v) is 20.7. The van der Waals surface area contributed by atoms with Gasteiger partial charge in [0.05, 0.1) is 5.75 Å². The van der Waals surface area contributed by atoms with E-state index in [1.54, 1.807) is 18.0 Å². The van der Waals surface area contributed by atoms with Crippen molar-refractivity contribution in [3.05, 3.63) is 106 Å². The van der Waals surface area contributed by atoms with Gasteiger partial charge in [0.15, 0.2) is 0 Å². The topological polar surface area (TPSA) is 49.4 Å². The van der Waals surface area contributed by atoms with Gasteiger partial charge in [-0.05, 0) is 34.9 Å². The van der Waals surface area contributed by atoms with Crippen LogP contribution in [0.4, 0.5) is 0 Å². The average Bonchev–Trinajstić information content (AvgIpc) is 2.83. The van der Waals surface area contributed by atoms with Gasteiger partial charge in [0.2, 0.25) is 11.8 Å². The minimum absolute atomic E-state index is 0.113. The van der Waals surface area contributed by atoms with Crippen LogP contribution < -0.4 is 5.32 Å². The van der Waals surface area contributed by atoms with Crippen LogP contribution in [0.15, 0.2) is 78.9 Å². The van der Waals surface area contributed by atoms with Crippen molar-refractivity contribution >= 4 is 46.8 Å². The van der Waals surface area contributed by atoms with Crippen molar-refractivity contribution < 1.29 is 9.59 Å². The van der Waals surface area contributed by atoms with Gasteiger partial charge in [0, 0.05) is 35.8 Å². The largest absolute Gasteiger partial charge is 0.357 e. The molecule has 33 heavy (non-hydrogen) atoms. The fraction of sp³-hybridized carbons (Fsp3) is 0.231. The second-order valence-electron chi connectivity index (χ2n) is 7.55. The van der Waals surface area contributed by atoms with Gasteiger partial charge in [0.25, 0.3) is 0 Å². The van der Waals surface area contributed by atoms with Crippen LogP contribution >= 0.6 is 35.0 Å². The van der Waals surface area contributed by atoms with Crippen LogP contribution in [-0.2, 0) is 28.3 Å². The van der Waals surface area contributed by atoms with Gasteiger partial charge in [-0.25, -0.2) is 0 Å². The zero-order chi connectivity index (χ0) is 23.6. The molecule has 0 aromatic heterocycles. The Kier molecular flexibility index (Phi) is 9.67. The lowest BCUT2D eigenvalue weighted by atomic mass is 10.0. The Labute approximate surface area is 209 Å². The number of hydrogen-bond acceptors (Lipinski definition) is 3. The molecule has 0 aliphatic heterocycles. The molecule has 1 N–H and O–H groups in total. The van der Waals surface area contributed by atoms with E-state index in [1.165, 1.54) is 11.8 Å². The van der Waals surface area contributed by atoms with Gasteiger partial charge in [-0.1, -0.05) is 83.9 Å². The maximum Gasteiger partial charge on any atom is 0.242 e. The molecule has 2 amide bonds. The molecule has 0 fully saturated rings. The number of carbonyl (C=O) groups excluding carboxylic acids is 2. The number of likely N-dealkylation sites (N-methyl/N-ethyl adjacent to an activating group) is 1. The standard InChI is InChI=1S/C26H26Cl2N2O2S/c1-29-26(32)24(15-19-7-3-2-4-8-19)30(16-21-9-5-6-10-23(21)28)25(31)18-33-17-20-11-13-22(27)14-12-20/h2-14,24H,15-18H2,1H3,(H,29,32)/t24-/m1/s1. The number of halogens is 2. The maximum absolute atomic E-state index is 13.4. The van der Waals surface area contributed by atoms with Crippen molar-refractivity contribution in [1.82, 2.24) is 10.2 Å². The third-order valence-corrected chi connectivity index (χ3v) is 6.83. The number of carbonyl (C=O) groups is 2. The highest BCUT2D eigenvalue weighted by molar-refractivity contribution is 7.99. The van der Waals surface area contributed by atoms with Gasteiger partial charge in [-0.15, -0.1) is 11.8 Å². The molecule has 0 radical (unpaired) electrons. The van der Waals surface area contributed by atoms with E-state index in [4.69, 9.17) is 23.2 Å². The summed E-state index contributed by atoms with van der Waals surface area (Å²) in [7, 11) is 1.59. The number of amides is 2. The lowest BCUT2D eigenvalue weighted by Crippen LogP contribution is -2.50. The number of nitrogens with zero attached hydrogens (tertiary/aromatic N) is 1. The highest BCUT2D eigenvalue weighted by atomic mass is 35.5. The first kappa shape index (κ1) is 25.2. The quantitative estimate of drug-likeness (QED) is 0.393. The van der Waals surface area contributed by atoms with Crippen molar-refractivity contribution in [2.24, 2.45) is 0 Å². The Morgan fingerprint density at radius 2 is 1.58 bits per heavy atom. The third kappa shape index (κ3) is 7.53. The Morgan fingerprint density at radius 3 is 2.24 bits per heavy atom. The molecular formula is C26H26Cl2N2O2S. The third-order valence-electron chi connectivity index (χ3n) is 5.22. The number of nitrogens with one attached hydrogen (secondary N) is 1. The summed E-state index contributed by atoms with van der Waals surface area (Å²) in [5, 5.41) is 3.97. The van der Waals surface area contributed by atoms with Crippen molar-refractivity contribution in [2.45, 2.75) is 24.8 Å². The maximum atomic E-state index is 13.4. The van der Waals surface area contributed by atoms with Crippen LogP contribution in [0.2, 0.25) is 10.0 Å². The van der Waals surface area contributed by atoms with Crippen LogP contribution in [-0.4, -0.2) is 35.6 Å². The molecule has 3 aromatic rings. The lowest BCUT2D eigenvalue weighted by molar-refractivity contribution is -0.139. The first-order valence-corrected chi connectivity index (χ1v) is 12.5. The second-order valence-corrected chi connectivity index (χ2v) is 9.38. The highest BCUT2D eigenvalue weighted by Gasteiger charge is 2.30. The van der Waals surface area contributed by atoms with Crippen molar-refractivity contribution in [1.29, 1.82) is 0 Å². The van der Waals surface area contributed by atoms with E-state index in [0.717, 1.165) is 16.7 Å². The zero-order valence-electron chi connectivity index (χ0n) is 18.3. The smallest absolute Gasteiger partial charge is 0.242 e. The van der Waals surface area contributed by atoms with E-state index in [0.29, 0.717) is 22.2 Å². The van der Waals surface area contributed by atoms with Crippen LogP contribution in [0.1, 0.15) is 16.7 Å². The van der Waals surface area contributed by atoms with Gasteiger partial charge < -0.3 is 10.2 Å². The lowest BCUT2D eigenvalue weighted by Gasteiger charge is -2.31. The van der Waals surface area contributed by atoms with Gasteiger partial charge in [0.1, 0.15) is 6.04 Å². The van der Waals surface area contributed by atoms with Crippen LogP contribution in [0.5, 0.6) is 0 Å². The Hall–Kier alpha value is -2.47. The summed E-state index contributed by atoms with van der Waals surface area (Å²) in [6.07, 6.45) is 0.415.